The molecule has 0 aromatic heterocycles. The van der Waals surface area contributed by atoms with Gasteiger partial charge in [0.1, 0.15) is 0 Å². The van der Waals surface area contributed by atoms with E-state index >= 15 is 0 Å². The van der Waals surface area contributed by atoms with E-state index in [4.69, 9.17) is 0 Å². The van der Waals surface area contributed by atoms with Gasteiger partial charge in [0.15, 0.2) is 0 Å². The molecule has 27 heavy (non-hydrogen) atoms. The van der Waals surface area contributed by atoms with Crippen LogP contribution in [0.3, 0.4) is 0 Å². The minimum atomic E-state index is 0.945. The number of hydrogen-bond donors (Lipinski definition) is 3. The largest absolute Gasteiger partial charge is 0.314 e. The summed E-state index contributed by atoms with van der Waals surface area (Å²) >= 11 is 0. The van der Waals surface area contributed by atoms with Crippen molar-refractivity contribution in [3.8, 4) is 0 Å². The van der Waals surface area contributed by atoms with Gasteiger partial charge in [-0.1, -0.05) is 75.2 Å². The Morgan fingerprint density at radius 3 is 1.19 bits per heavy atom. The molecule has 0 bridgehead atoms. The fourth-order valence-corrected chi connectivity index (χ4v) is 3.17. The van der Waals surface area contributed by atoms with Crippen molar-refractivity contribution < 1.29 is 0 Å². The van der Waals surface area contributed by atoms with Crippen LogP contribution in [0.2, 0.25) is 0 Å². The van der Waals surface area contributed by atoms with E-state index in [1.54, 1.807) is 0 Å². The molecule has 3 N–H and O–H groups in total. The van der Waals surface area contributed by atoms with Crippen molar-refractivity contribution in [2.75, 3.05) is 26.2 Å². The monoisotopic (exact) mass is 367 g/mol. The molecule has 0 aliphatic carbocycles. The van der Waals surface area contributed by atoms with Crippen LogP contribution in [0.25, 0.3) is 0 Å². The predicted molar refractivity (Wildman–Crippen MR) is 117 cm³/mol. The minimum Gasteiger partial charge on any atom is -0.314 e. The Kier molecular flexibility index (Phi) is 10.8. The smallest absolute Gasteiger partial charge is 0.0206 e. The second-order valence-corrected chi connectivity index (χ2v) is 7.24. The Hall–Kier alpha value is -1.68. The molecule has 3 heteroatoms. The van der Waals surface area contributed by atoms with Gasteiger partial charge in [-0.05, 0) is 35.1 Å². The van der Waals surface area contributed by atoms with Gasteiger partial charge < -0.3 is 16.0 Å². The third kappa shape index (κ3) is 9.18. The van der Waals surface area contributed by atoms with Crippen molar-refractivity contribution in [2.45, 2.75) is 52.6 Å². The highest BCUT2D eigenvalue weighted by atomic mass is 15.0. The first-order chi connectivity index (χ1) is 13.3. The zero-order valence-electron chi connectivity index (χ0n) is 17.2. The first-order valence-electron chi connectivity index (χ1n) is 10.6. The summed E-state index contributed by atoms with van der Waals surface area (Å²) in [5, 5.41) is 10.5. The molecule has 2 aromatic carbocycles. The number of aryl methyl sites for hydroxylation is 2. The Morgan fingerprint density at radius 1 is 0.481 bits per heavy atom. The quantitative estimate of drug-likeness (QED) is 0.441. The third-order valence-electron chi connectivity index (χ3n) is 4.74. The normalized spacial score (nSPS) is 11.0. The molecule has 0 radical (unpaired) electrons. The first kappa shape index (κ1) is 21.6. The van der Waals surface area contributed by atoms with Crippen LogP contribution in [0.1, 0.15) is 48.9 Å². The van der Waals surface area contributed by atoms with Gasteiger partial charge in [-0.3, -0.25) is 0 Å². The van der Waals surface area contributed by atoms with Crippen LogP contribution in [0.4, 0.5) is 0 Å². The van der Waals surface area contributed by atoms with Gasteiger partial charge in [-0.15, -0.1) is 0 Å². The van der Waals surface area contributed by atoms with Crippen LogP contribution in [0.5, 0.6) is 0 Å². The molecule has 0 amide bonds. The van der Waals surface area contributed by atoms with Crippen LogP contribution < -0.4 is 16.0 Å². The SMILES string of the molecule is CCCc1ccc(CNCCNCCNCc2ccc(CCC)cc2)cc1. The van der Waals surface area contributed by atoms with Crippen molar-refractivity contribution in [3.05, 3.63) is 70.8 Å². The van der Waals surface area contributed by atoms with E-state index in [-0.39, 0.29) is 0 Å². The number of nitrogens with one attached hydrogen (secondary N) is 3. The number of hydrogen-bond acceptors (Lipinski definition) is 3. The topological polar surface area (TPSA) is 36.1 Å². The lowest BCUT2D eigenvalue weighted by Crippen LogP contribution is -2.32. The molecule has 148 valence electrons. The van der Waals surface area contributed by atoms with Gasteiger partial charge >= 0.3 is 0 Å². The Labute approximate surface area is 166 Å². The van der Waals surface area contributed by atoms with E-state index in [0.717, 1.165) is 39.3 Å². The van der Waals surface area contributed by atoms with Gasteiger partial charge in [-0.2, -0.15) is 0 Å². The summed E-state index contributed by atoms with van der Waals surface area (Å²) in [7, 11) is 0. The molecule has 2 aromatic rings. The van der Waals surface area contributed by atoms with E-state index in [1.165, 1.54) is 47.9 Å². The molecule has 0 aliphatic heterocycles. The van der Waals surface area contributed by atoms with Gasteiger partial charge in [0.2, 0.25) is 0 Å². The molecule has 0 unspecified atom stereocenters. The molecular weight excluding hydrogens is 330 g/mol. The predicted octanol–water partition coefficient (Wildman–Crippen LogP) is 4.06. The summed E-state index contributed by atoms with van der Waals surface area (Å²) < 4.78 is 0. The number of benzene rings is 2. The molecule has 2 rings (SSSR count). The maximum absolute atomic E-state index is 3.50. The Morgan fingerprint density at radius 2 is 0.815 bits per heavy atom. The molecule has 0 heterocycles. The van der Waals surface area contributed by atoms with E-state index in [9.17, 15) is 0 Å². The summed E-state index contributed by atoms with van der Waals surface area (Å²) in [6.45, 7) is 10.3. The molecular formula is C24H37N3. The summed E-state index contributed by atoms with van der Waals surface area (Å²) in [4.78, 5) is 0. The van der Waals surface area contributed by atoms with Crippen LogP contribution in [-0.2, 0) is 25.9 Å². The Balaban J connectivity index is 1.45. The number of rotatable bonds is 14. The van der Waals surface area contributed by atoms with Gasteiger partial charge in [0, 0.05) is 39.3 Å². The lowest BCUT2D eigenvalue weighted by atomic mass is 10.1. The van der Waals surface area contributed by atoms with E-state index in [1.807, 2.05) is 0 Å². The molecule has 0 saturated carbocycles. The van der Waals surface area contributed by atoms with E-state index in [0.29, 0.717) is 0 Å². The Bertz CT molecular complexity index is 549. The second kappa shape index (κ2) is 13.5. The average molecular weight is 368 g/mol. The van der Waals surface area contributed by atoms with E-state index in [2.05, 4.69) is 78.3 Å². The van der Waals surface area contributed by atoms with Crippen LogP contribution in [-0.4, -0.2) is 26.2 Å². The van der Waals surface area contributed by atoms with Crippen LogP contribution >= 0.6 is 0 Å². The standard InChI is InChI=1S/C24H37N3/c1-3-5-21-7-11-23(12-8-21)19-26-17-15-25-16-18-27-20-24-13-9-22(6-4-2)10-14-24/h7-14,25-27H,3-6,15-20H2,1-2H3. The van der Waals surface area contributed by atoms with Gasteiger partial charge in [0.25, 0.3) is 0 Å². The minimum absolute atomic E-state index is 0.945. The summed E-state index contributed by atoms with van der Waals surface area (Å²) in [5.41, 5.74) is 5.60. The lowest BCUT2D eigenvalue weighted by Gasteiger charge is -2.09. The van der Waals surface area contributed by atoms with Gasteiger partial charge in [-0.25, -0.2) is 0 Å². The van der Waals surface area contributed by atoms with Crippen molar-refractivity contribution in [1.82, 2.24) is 16.0 Å². The van der Waals surface area contributed by atoms with Crippen LogP contribution in [0.15, 0.2) is 48.5 Å². The summed E-state index contributed by atoms with van der Waals surface area (Å²) in [6.07, 6.45) is 4.78. The van der Waals surface area contributed by atoms with Crippen LogP contribution in [0, 0.1) is 0 Å². The average Bonchev–Trinajstić information content (AvgIpc) is 2.69. The van der Waals surface area contributed by atoms with Crippen molar-refractivity contribution >= 4 is 0 Å². The third-order valence-corrected chi connectivity index (χ3v) is 4.74. The molecule has 0 fully saturated rings. The molecule has 0 aliphatic rings. The zero-order chi connectivity index (χ0) is 19.2. The highest BCUT2D eigenvalue weighted by Crippen LogP contribution is 2.07. The lowest BCUT2D eigenvalue weighted by molar-refractivity contribution is 0.580. The second-order valence-electron chi connectivity index (χ2n) is 7.24. The van der Waals surface area contributed by atoms with Crippen molar-refractivity contribution in [3.63, 3.8) is 0 Å². The first-order valence-corrected chi connectivity index (χ1v) is 10.6. The van der Waals surface area contributed by atoms with E-state index < -0.39 is 0 Å². The maximum atomic E-state index is 3.50. The molecule has 0 saturated heterocycles. The summed E-state index contributed by atoms with van der Waals surface area (Å²) in [5.74, 6) is 0. The van der Waals surface area contributed by atoms with Crippen molar-refractivity contribution in [2.24, 2.45) is 0 Å². The summed E-state index contributed by atoms with van der Waals surface area (Å²) in [6, 6.07) is 18.0. The highest BCUT2D eigenvalue weighted by molar-refractivity contribution is 5.23. The van der Waals surface area contributed by atoms with Crippen molar-refractivity contribution in [1.29, 1.82) is 0 Å². The molecule has 0 atom stereocenters. The molecule has 0 spiro atoms. The highest BCUT2D eigenvalue weighted by Gasteiger charge is 1.96. The fourth-order valence-electron chi connectivity index (χ4n) is 3.17. The molecule has 3 nitrogen and oxygen atoms in total. The zero-order valence-corrected chi connectivity index (χ0v) is 17.2. The fraction of sp³-hybridized carbons (Fsp3) is 0.500. The maximum Gasteiger partial charge on any atom is 0.0206 e. The van der Waals surface area contributed by atoms with Gasteiger partial charge in [0.05, 0.1) is 0 Å².